The van der Waals surface area contributed by atoms with E-state index in [0.717, 1.165) is 12.8 Å². The molecular formula is C23H30F3N5O2. The van der Waals surface area contributed by atoms with Crippen LogP contribution in [0.15, 0.2) is 24.4 Å². The lowest BCUT2D eigenvalue weighted by atomic mass is 10.0. The zero-order valence-corrected chi connectivity index (χ0v) is 19.4. The average molecular weight is 466 g/mol. The summed E-state index contributed by atoms with van der Waals surface area (Å²) in [4.78, 5) is 19.5. The summed E-state index contributed by atoms with van der Waals surface area (Å²) in [5.41, 5.74) is -1.28. The van der Waals surface area contributed by atoms with Gasteiger partial charge in [-0.25, -0.2) is 9.67 Å². The van der Waals surface area contributed by atoms with Gasteiger partial charge in [0.25, 0.3) is 5.91 Å². The van der Waals surface area contributed by atoms with Crippen molar-refractivity contribution in [3.63, 3.8) is 0 Å². The Balaban J connectivity index is 1.55. The Bertz CT molecular complexity index is 1030. The molecule has 3 heterocycles. The fourth-order valence-corrected chi connectivity index (χ4v) is 4.65. The number of amides is 1. The Labute approximate surface area is 191 Å². The van der Waals surface area contributed by atoms with Gasteiger partial charge < -0.3 is 15.0 Å². The summed E-state index contributed by atoms with van der Waals surface area (Å²) in [5, 5.41) is 7.01. The molecule has 1 aliphatic carbocycles. The van der Waals surface area contributed by atoms with Crippen molar-refractivity contribution in [3.8, 4) is 11.7 Å². The third-order valence-corrected chi connectivity index (χ3v) is 6.91. The Hall–Kier alpha value is -2.78. The first-order valence-corrected chi connectivity index (χ1v) is 11.3. The predicted molar refractivity (Wildman–Crippen MR) is 118 cm³/mol. The number of rotatable bonds is 7. The molecule has 1 atom stereocenters. The maximum Gasteiger partial charge on any atom is 0.394 e. The Morgan fingerprint density at radius 2 is 1.97 bits per heavy atom. The van der Waals surface area contributed by atoms with Gasteiger partial charge in [-0.05, 0) is 65.0 Å². The smallest absolute Gasteiger partial charge is 0.394 e. The number of nitrogens with one attached hydrogen (secondary N) is 1. The topological polar surface area (TPSA) is 72.3 Å². The van der Waals surface area contributed by atoms with Gasteiger partial charge in [-0.2, -0.15) is 13.2 Å². The quantitative estimate of drug-likeness (QED) is 0.652. The van der Waals surface area contributed by atoms with Gasteiger partial charge >= 0.3 is 6.18 Å². The van der Waals surface area contributed by atoms with E-state index in [2.05, 4.69) is 36.1 Å². The zero-order chi connectivity index (χ0) is 24.0. The molecule has 7 nitrogen and oxygen atoms in total. The summed E-state index contributed by atoms with van der Waals surface area (Å²) in [6.07, 6.45) is -0.334. The number of hydrogen-bond acceptors (Lipinski definition) is 5. The van der Waals surface area contributed by atoms with Crippen LogP contribution in [-0.2, 0) is 0 Å². The molecular weight excluding hydrogens is 435 g/mol. The lowest BCUT2D eigenvalue weighted by Gasteiger charge is -2.37. The van der Waals surface area contributed by atoms with E-state index in [9.17, 15) is 18.0 Å². The molecule has 4 rings (SSSR count). The molecule has 0 unspecified atom stereocenters. The predicted octanol–water partition coefficient (Wildman–Crippen LogP) is 4.51. The minimum Gasteiger partial charge on any atom is -0.477 e. The first kappa shape index (κ1) is 23.4. The third-order valence-electron chi connectivity index (χ3n) is 6.91. The van der Waals surface area contributed by atoms with Crippen LogP contribution < -0.4 is 15.0 Å². The standard InChI is InChI=1S/C23H30F3N5O2/c1-15-7-9-21(2,3)31(15)19-16(20(32)27-4)5-6-17(28-19)30-13-8-18(29-30)33-14-12-22(10-11-22)23(24,25)26/h5-6,8,13,15H,7,9-12,14H2,1-4H3,(H,27,32)/t15-/m1/s1. The van der Waals surface area contributed by atoms with E-state index < -0.39 is 11.6 Å². The molecule has 2 aromatic rings. The minimum absolute atomic E-state index is 0.0513. The SMILES string of the molecule is CNC(=O)c1ccc(-n2ccc(OCCC3(C(F)(F)F)CC3)n2)nc1N1[C@H](C)CCC1(C)C. The van der Waals surface area contributed by atoms with Gasteiger partial charge in [-0.1, -0.05) is 0 Å². The fourth-order valence-electron chi connectivity index (χ4n) is 4.65. The first-order chi connectivity index (χ1) is 15.5. The van der Waals surface area contributed by atoms with Crippen molar-refractivity contribution in [1.82, 2.24) is 20.1 Å². The Morgan fingerprint density at radius 1 is 1.24 bits per heavy atom. The van der Waals surface area contributed by atoms with E-state index in [0.29, 0.717) is 17.2 Å². The number of ether oxygens (including phenoxy) is 1. The van der Waals surface area contributed by atoms with Crippen molar-refractivity contribution in [1.29, 1.82) is 0 Å². The largest absolute Gasteiger partial charge is 0.477 e. The number of anilines is 1. The van der Waals surface area contributed by atoms with Gasteiger partial charge in [0.1, 0.15) is 5.82 Å². The molecule has 0 aromatic carbocycles. The van der Waals surface area contributed by atoms with Crippen LogP contribution in [0.2, 0.25) is 0 Å². The average Bonchev–Trinajstić information content (AvgIpc) is 3.32. The number of aromatic nitrogens is 3. The molecule has 1 aliphatic heterocycles. The molecule has 1 amide bonds. The number of carbonyl (C=O) groups excluding carboxylic acids is 1. The van der Waals surface area contributed by atoms with Gasteiger partial charge in [0.05, 0.1) is 17.6 Å². The van der Waals surface area contributed by atoms with E-state index in [-0.39, 0.29) is 49.2 Å². The monoisotopic (exact) mass is 465 g/mol. The number of hydrogen-bond donors (Lipinski definition) is 1. The van der Waals surface area contributed by atoms with Crippen LogP contribution in [0.5, 0.6) is 5.88 Å². The number of pyridine rings is 1. The Morgan fingerprint density at radius 3 is 2.55 bits per heavy atom. The van der Waals surface area contributed by atoms with Gasteiger partial charge in [0, 0.05) is 30.9 Å². The van der Waals surface area contributed by atoms with Crippen molar-refractivity contribution in [3.05, 3.63) is 30.0 Å². The summed E-state index contributed by atoms with van der Waals surface area (Å²) in [5.74, 6) is 1.10. The van der Waals surface area contributed by atoms with Gasteiger partial charge in [-0.15, -0.1) is 5.10 Å². The highest BCUT2D eigenvalue weighted by molar-refractivity contribution is 5.99. The summed E-state index contributed by atoms with van der Waals surface area (Å²) < 4.78 is 46.3. The van der Waals surface area contributed by atoms with Crippen LogP contribution in [0.25, 0.3) is 5.82 Å². The third kappa shape index (κ3) is 4.39. The van der Waals surface area contributed by atoms with Crippen LogP contribution >= 0.6 is 0 Å². The van der Waals surface area contributed by atoms with Crippen LogP contribution in [0.1, 0.15) is 63.2 Å². The maximum absolute atomic E-state index is 13.1. The van der Waals surface area contributed by atoms with Gasteiger partial charge in [0.15, 0.2) is 5.82 Å². The highest BCUT2D eigenvalue weighted by Crippen LogP contribution is 2.59. The fraction of sp³-hybridized carbons (Fsp3) is 0.609. The second-order valence-corrected chi connectivity index (χ2v) is 9.66. The van der Waals surface area contributed by atoms with Crippen molar-refractivity contribution in [2.45, 2.75) is 70.6 Å². The normalized spacial score (nSPS) is 21.2. The van der Waals surface area contributed by atoms with Gasteiger partial charge in [0.2, 0.25) is 5.88 Å². The molecule has 1 saturated heterocycles. The molecule has 180 valence electrons. The van der Waals surface area contributed by atoms with Crippen molar-refractivity contribution >= 4 is 11.7 Å². The molecule has 0 bridgehead atoms. The van der Waals surface area contributed by atoms with Crippen LogP contribution in [0.4, 0.5) is 19.0 Å². The number of nitrogens with zero attached hydrogens (tertiary/aromatic N) is 4. The van der Waals surface area contributed by atoms with E-state index >= 15 is 0 Å². The molecule has 2 aliphatic rings. The minimum atomic E-state index is -4.19. The molecule has 0 radical (unpaired) electrons. The van der Waals surface area contributed by atoms with E-state index in [1.807, 2.05) is 0 Å². The van der Waals surface area contributed by atoms with Gasteiger partial charge in [-0.3, -0.25) is 4.79 Å². The summed E-state index contributed by atoms with van der Waals surface area (Å²) in [7, 11) is 1.58. The van der Waals surface area contributed by atoms with E-state index in [4.69, 9.17) is 9.72 Å². The highest BCUT2D eigenvalue weighted by Gasteiger charge is 2.62. The second-order valence-electron chi connectivity index (χ2n) is 9.66. The summed E-state index contributed by atoms with van der Waals surface area (Å²) >= 11 is 0. The second kappa shape index (κ2) is 8.22. The van der Waals surface area contributed by atoms with E-state index in [1.54, 1.807) is 31.4 Å². The number of alkyl halides is 3. The maximum atomic E-state index is 13.1. The van der Waals surface area contributed by atoms with Crippen molar-refractivity contribution in [2.24, 2.45) is 5.41 Å². The van der Waals surface area contributed by atoms with Crippen molar-refractivity contribution < 1.29 is 22.7 Å². The zero-order valence-electron chi connectivity index (χ0n) is 19.4. The summed E-state index contributed by atoms with van der Waals surface area (Å²) in [6.45, 7) is 6.33. The lowest BCUT2D eigenvalue weighted by molar-refractivity contribution is -0.190. The van der Waals surface area contributed by atoms with Crippen LogP contribution in [-0.4, -0.2) is 52.1 Å². The Kier molecular flexibility index (Phi) is 5.82. The lowest BCUT2D eigenvalue weighted by Crippen LogP contribution is -2.44. The van der Waals surface area contributed by atoms with Crippen LogP contribution in [0.3, 0.4) is 0 Å². The molecule has 33 heavy (non-hydrogen) atoms. The van der Waals surface area contributed by atoms with Crippen LogP contribution in [0, 0.1) is 5.41 Å². The number of halogens is 3. The van der Waals surface area contributed by atoms with Crippen molar-refractivity contribution in [2.75, 3.05) is 18.6 Å². The molecule has 1 saturated carbocycles. The number of carbonyl (C=O) groups is 1. The molecule has 0 spiro atoms. The summed E-state index contributed by atoms with van der Waals surface area (Å²) in [6, 6.07) is 5.23. The molecule has 2 aromatic heterocycles. The van der Waals surface area contributed by atoms with E-state index in [1.165, 1.54) is 4.68 Å². The molecule has 10 heteroatoms. The first-order valence-electron chi connectivity index (χ1n) is 11.3. The highest BCUT2D eigenvalue weighted by atomic mass is 19.4. The molecule has 2 fully saturated rings. The molecule has 1 N–H and O–H groups in total.